The smallest absolute Gasteiger partial charge is 0.128 e. The topological polar surface area (TPSA) is 78.0 Å². The Morgan fingerprint density at radius 2 is 1.81 bits per heavy atom. The highest BCUT2D eigenvalue weighted by atomic mass is 19.1. The Kier molecular flexibility index (Phi) is 6.75. The first-order chi connectivity index (χ1) is 17.7. The van der Waals surface area contributed by atoms with Crippen molar-refractivity contribution in [1.82, 2.24) is 19.1 Å². The molecule has 1 atom stereocenters. The van der Waals surface area contributed by atoms with Crippen LogP contribution in [0.3, 0.4) is 0 Å². The summed E-state index contributed by atoms with van der Waals surface area (Å²) in [5.74, 6) is 6.71. The van der Waals surface area contributed by atoms with Crippen molar-refractivity contribution in [1.29, 1.82) is 0 Å². The Balaban J connectivity index is 1.89. The van der Waals surface area contributed by atoms with Gasteiger partial charge in [-0.25, -0.2) is 10.2 Å². The van der Waals surface area contributed by atoms with Gasteiger partial charge in [0.1, 0.15) is 11.3 Å². The molecule has 4 N–H and O–H groups in total. The molecule has 1 aliphatic carbocycles. The molecule has 0 radical (unpaired) electrons. The lowest BCUT2D eigenvalue weighted by atomic mass is 9.80. The summed E-state index contributed by atoms with van der Waals surface area (Å²) < 4.78 is 20.2. The van der Waals surface area contributed by atoms with E-state index < -0.39 is 0 Å². The summed E-state index contributed by atoms with van der Waals surface area (Å²) in [6.45, 7) is 6.26. The van der Waals surface area contributed by atoms with Crippen LogP contribution in [0.5, 0.6) is 0 Å². The molecule has 0 bridgehead atoms. The number of aromatic nitrogens is 3. The van der Waals surface area contributed by atoms with Crippen molar-refractivity contribution in [3.63, 3.8) is 0 Å². The largest absolute Gasteiger partial charge is 0.401 e. The lowest BCUT2D eigenvalue weighted by molar-refractivity contribution is 0.282. The molecule has 37 heavy (non-hydrogen) atoms. The van der Waals surface area contributed by atoms with Crippen molar-refractivity contribution in [2.45, 2.75) is 64.8 Å². The number of nitrogens with two attached hydrogens (primary N) is 2. The lowest BCUT2D eigenvalue weighted by Crippen LogP contribution is -2.27. The standard InChI is InChI=1S/C30H39FN6/c1-18(2)24-16-26-30(35(24)4)27-25(15-21(17-34-27)28(19(3)32)36(5)33)37(26)29(20-11-7-6-8-12-20)22-13-9-10-14-23(22)31/h9-10,13-18,20,29H,6-8,11-12,32-33H2,1-5H3/b28-19-. The average molecular weight is 503 g/mol. The third-order valence-corrected chi connectivity index (χ3v) is 8.05. The number of pyridine rings is 1. The molecule has 0 aliphatic heterocycles. The fourth-order valence-electron chi connectivity index (χ4n) is 6.48. The predicted molar refractivity (Wildman–Crippen MR) is 150 cm³/mol. The average Bonchev–Trinajstić information content (AvgIpc) is 3.35. The molecule has 1 aromatic carbocycles. The maximum Gasteiger partial charge on any atom is 0.128 e. The number of allylic oxidation sites excluding steroid dienone is 1. The first-order valence-electron chi connectivity index (χ1n) is 13.4. The summed E-state index contributed by atoms with van der Waals surface area (Å²) in [5.41, 5.74) is 14.5. The van der Waals surface area contributed by atoms with Crippen LogP contribution in [0.2, 0.25) is 0 Å². The van der Waals surface area contributed by atoms with Crippen molar-refractivity contribution in [3.8, 4) is 0 Å². The van der Waals surface area contributed by atoms with Gasteiger partial charge in [-0.3, -0.25) is 4.98 Å². The third-order valence-electron chi connectivity index (χ3n) is 8.05. The van der Waals surface area contributed by atoms with Crippen LogP contribution in [0.4, 0.5) is 4.39 Å². The van der Waals surface area contributed by atoms with E-state index in [1.807, 2.05) is 25.3 Å². The maximum absolute atomic E-state index is 15.5. The zero-order valence-electron chi connectivity index (χ0n) is 22.6. The molecule has 0 amide bonds. The van der Waals surface area contributed by atoms with Crippen LogP contribution in [0, 0.1) is 11.7 Å². The van der Waals surface area contributed by atoms with Crippen LogP contribution in [-0.4, -0.2) is 26.2 Å². The second-order valence-corrected chi connectivity index (χ2v) is 11.0. The summed E-state index contributed by atoms with van der Waals surface area (Å²) >= 11 is 0. The van der Waals surface area contributed by atoms with E-state index in [9.17, 15) is 0 Å². The lowest BCUT2D eigenvalue weighted by Gasteiger charge is -2.33. The Labute approximate surface area is 218 Å². The minimum atomic E-state index is -0.155. The number of hydrogen-bond donors (Lipinski definition) is 2. The number of aryl methyl sites for hydroxylation is 1. The molecule has 4 aromatic rings. The van der Waals surface area contributed by atoms with Crippen molar-refractivity contribution in [2.24, 2.45) is 24.5 Å². The van der Waals surface area contributed by atoms with E-state index in [-0.39, 0.29) is 11.9 Å². The Morgan fingerprint density at radius 3 is 2.43 bits per heavy atom. The van der Waals surface area contributed by atoms with Gasteiger partial charge < -0.3 is 19.9 Å². The third kappa shape index (κ3) is 4.29. The van der Waals surface area contributed by atoms with Crippen LogP contribution in [-0.2, 0) is 7.05 Å². The molecule has 196 valence electrons. The van der Waals surface area contributed by atoms with Crippen LogP contribution in [0.25, 0.3) is 27.8 Å². The van der Waals surface area contributed by atoms with E-state index in [1.165, 1.54) is 30.0 Å². The highest BCUT2D eigenvalue weighted by Gasteiger charge is 2.33. The minimum absolute atomic E-state index is 0.136. The Morgan fingerprint density at radius 1 is 1.11 bits per heavy atom. The first-order valence-corrected chi connectivity index (χ1v) is 13.4. The quantitative estimate of drug-likeness (QED) is 0.236. The number of fused-ring (bicyclic) bond motifs is 3. The van der Waals surface area contributed by atoms with Crippen LogP contribution < -0.4 is 11.6 Å². The Bertz CT molecular complexity index is 1460. The zero-order valence-corrected chi connectivity index (χ0v) is 22.6. The monoisotopic (exact) mass is 502 g/mol. The number of hydrazine groups is 1. The van der Waals surface area contributed by atoms with Gasteiger partial charge in [-0.1, -0.05) is 51.3 Å². The molecular weight excluding hydrogens is 463 g/mol. The van der Waals surface area contributed by atoms with Gasteiger partial charge >= 0.3 is 0 Å². The molecule has 1 fully saturated rings. The summed E-state index contributed by atoms with van der Waals surface area (Å²) in [4.78, 5) is 4.99. The van der Waals surface area contributed by atoms with Crippen LogP contribution in [0.15, 0.2) is 48.3 Å². The van der Waals surface area contributed by atoms with Crippen LogP contribution >= 0.6 is 0 Å². The highest BCUT2D eigenvalue weighted by Crippen LogP contribution is 2.44. The molecule has 3 heterocycles. The van der Waals surface area contributed by atoms with Crippen molar-refractivity contribution in [3.05, 3.63) is 70.9 Å². The normalized spacial score (nSPS) is 16.5. The summed E-state index contributed by atoms with van der Waals surface area (Å²) in [5, 5.41) is 1.54. The van der Waals surface area contributed by atoms with Crippen molar-refractivity contribution in [2.75, 3.05) is 7.05 Å². The van der Waals surface area contributed by atoms with Crippen molar-refractivity contribution < 1.29 is 4.39 Å². The molecule has 5 rings (SSSR count). The number of rotatable bonds is 6. The molecule has 1 saturated carbocycles. The van der Waals surface area contributed by atoms with Crippen LogP contribution in [0.1, 0.15) is 81.7 Å². The van der Waals surface area contributed by atoms with Gasteiger partial charge in [0.2, 0.25) is 0 Å². The molecule has 1 aliphatic rings. The molecule has 0 saturated heterocycles. The van der Waals surface area contributed by atoms with E-state index in [0.29, 0.717) is 17.5 Å². The highest BCUT2D eigenvalue weighted by molar-refractivity contribution is 6.05. The van der Waals surface area contributed by atoms with Gasteiger partial charge in [0, 0.05) is 42.8 Å². The van der Waals surface area contributed by atoms with E-state index >= 15 is 4.39 Å². The SMILES string of the molecule is C/C(N)=C(\c1cnc2c3c(cc(C(C)C)n3C)n(C(c3ccccc3F)C3CCCCC3)c2c1)N(C)N. The summed E-state index contributed by atoms with van der Waals surface area (Å²) in [6, 6.07) is 11.5. The second-order valence-electron chi connectivity index (χ2n) is 11.0. The zero-order chi connectivity index (χ0) is 26.4. The molecular formula is C30H39FN6. The molecule has 1 unspecified atom stereocenters. The maximum atomic E-state index is 15.5. The van der Waals surface area contributed by atoms with E-state index in [4.69, 9.17) is 16.6 Å². The number of halogens is 1. The minimum Gasteiger partial charge on any atom is -0.401 e. The fourth-order valence-corrected chi connectivity index (χ4v) is 6.48. The van der Waals surface area contributed by atoms with E-state index in [2.05, 4.69) is 42.2 Å². The van der Waals surface area contributed by atoms with Crippen molar-refractivity contribution >= 4 is 27.8 Å². The van der Waals surface area contributed by atoms with Gasteiger partial charge in [0.15, 0.2) is 0 Å². The fraction of sp³-hybridized carbons (Fsp3) is 0.433. The number of benzene rings is 1. The number of nitrogens with zero attached hydrogens (tertiary/aromatic N) is 4. The Hall–Kier alpha value is -3.32. The first kappa shape index (κ1) is 25.3. The van der Waals surface area contributed by atoms with E-state index in [1.54, 1.807) is 19.2 Å². The van der Waals surface area contributed by atoms with Gasteiger partial charge in [-0.05, 0) is 49.8 Å². The molecule has 0 spiro atoms. The van der Waals surface area contributed by atoms with Gasteiger partial charge in [-0.15, -0.1) is 0 Å². The van der Waals surface area contributed by atoms with Gasteiger partial charge in [0.25, 0.3) is 0 Å². The molecule has 7 heteroatoms. The van der Waals surface area contributed by atoms with E-state index in [0.717, 1.165) is 51.7 Å². The molecule has 6 nitrogen and oxygen atoms in total. The van der Waals surface area contributed by atoms with Gasteiger partial charge in [0.05, 0.1) is 28.3 Å². The predicted octanol–water partition coefficient (Wildman–Crippen LogP) is 6.41. The second kappa shape index (κ2) is 9.86. The number of hydrogen-bond acceptors (Lipinski definition) is 4. The molecule has 3 aromatic heterocycles. The summed E-state index contributed by atoms with van der Waals surface area (Å²) in [6.07, 6.45) is 7.59. The summed E-state index contributed by atoms with van der Waals surface area (Å²) in [7, 11) is 3.89. The van der Waals surface area contributed by atoms with Gasteiger partial charge in [-0.2, -0.15) is 0 Å².